The number of hydrogen-bond acceptors (Lipinski definition) is 5. The van der Waals surface area contributed by atoms with Gasteiger partial charge >= 0.3 is 5.69 Å². The van der Waals surface area contributed by atoms with Gasteiger partial charge < -0.3 is 15.7 Å². The third kappa shape index (κ3) is 2.32. The Bertz CT molecular complexity index is 546. The predicted molar refractivity (Wildman–Crippen MR) is 73.2 cm³/mol. The number of aliphatic hydroxyl groups excluding tert-OH is 1. The van der Waals surface area contributed by atoms with E-state index >= 15 is 0 Å². The lowest BCUT2D eigenvalue weighted by molar-refractivity contribution is -0.384. The van der Waals surface area contributed by atoms with Gasteiger partial charge in [-0.25, -0.2) is 0 Å². The normalized spacial score (nSPS) is 22.0. The smallest absolute Gasteiger partial charge is 0.304 e. The van der Waals surface area contributed by atoms with Crippen molar-refractivity contribution in [1.29, 1.82) is 0 Å². The number of benzene rings is 1. The number of likely N-dealkylation sites (tertiary alicyclic amines) is 1. The molecule has 2 atom stereocenters. The molecule has 7 heteroatoms. The first kappa shape index (κ1) is 14.3. The molecule has 1 fully saturated rings. The number of nitrogens with two attached hydrogens (primary N) is 1. The largest absolute Gasteiger partial charge is 0.394 e. The number of para-hydroxylation sites is 1. The topological polar surface area (TPSA) is 110 Å². The number of anilines is 1. The fourth-order valence-electron chi connectivity index (χ4n) is 2.63. The standard InChI is InChI=1S/C13H17N3O4/c1-8-5-6-15(11(8)7-17)13(18)9-3-2-4-10(14)12(9)16(19)20/h2-4,8,11,17H,5-7,14H2,1H3. The minimum Gasteiger partial charge on any atom is -0.394 e. The van der Waals surface area contributed by atoms with Crippen LogP contribution in [0.25, 0.3) is 0 Å². The summed E-state index contributed by atoms with van der Waals surface area (Å²) < 4.78 is 0. The fourth-order valence-corrected chi connectivity index (χ4v) is 2.63. The van der Waals surface area contributed by atoms with Crippen molar-refractivity contribution < 1.29 is 14.8 Å². The molecule has 1 aromatic carbocycles. The van der Waals surface area contributed by atoms with Crippen LogP contribution in [0.1, 0.15) is 23.7 Å². The van der Waals surface area contributed by atoms with Gasteiger partial charge in [0.25, 0.3) is 5.91 Å². The number of rotatable bonds is 3. The zero-order valence-electron chi connectivity index (χ0n) is 11.2. The van der Waals surface area contributed by atoms with Crippen LogP contribution in [-0.4, -0.2) is 40.0 Å². The van der Waals surface area contributed by atoms with E-state index in [0.717, 1.165) is 6.42 Å². The fraction of sp³-hybridized carbons (Fsp3) is 0.462. The Balaban J connectivity index is 2.40. The van der Waals surface area contributed by atoms with E-state index < -0.39 is 10.8 Å². The van der Waals surface area contributed by atoms with Gasteiger partial charge in [0.1, 0.15) is 11.3 Å². The SMILES string of the molecule is CC1CCN(C(=O)c2cccc(N)c2[N+](=O)[O-])C1CO. The predicted octanol–water partition coefficient (Wildman–Crippen LogP) is 1.02. The number of nitro benzene ring substituents is 1. The highest BCUT2D eigenvalue weighted by Gasteiger charge is 2.37. The zero-order chi connectivity index (χ0) is 14.9. The molecule has 0 aromatic heterocycles. The molecule has 1 aliphatic rings. The first-order chi connectivity index (χ1) is 9.47. The molecule has 1 aromatic rings. The molecule has 1 amide bonds. The van der Waals surface area contributed by atoms with Crippen molar-refractivity contribution in [2.24, 2.45) is 5.92 Å². The van der Waals surface area contributed by atoms with Gasteiger partial charge in [-0.3, -0.25) is 14.9 Å². The molecule has 0 saturated carbocycles. The monoisotopic (exact) mass is 279 g/mol. The minimum absolute atomic E-state index is 0.0254. The van der Waals surface area contributed by atoms with Crippen LogP contribution >= 0.6 is 0 Å². The number of aliphatic hydroxyl groups is 1. The van der Waals surface area contributed by atoms with Crippen LogP contribution in [-0.2, 0) is 0 Å². The Hall–Kier alpha value is -2.15. The molecule has 0 aliphatic carbocycles. The van der Waals surface area contributed by atoms with Crippen molar-refractivity contribution in [3.8, 4) is 0 Å². The van der Waals surface area contributed by atoms with E-state index in [-0.39, 0.29) is 35.5 Å². The summed E-state index contributed by atoms with van der Waals surface area (Å²) in [6.45, 7) is 2.28. The summed E-state index contributed by atoms with van der Waals surface area (Å²) in [6, 6.07) is 4.01. The van der Waals surface area contributed by atoms with Gasteiger partial charge in [0, 0.05) is 6.54 Å². The van der Waals surface area contributed by atoms with E-state index in [4.69, 9.17) is 5.73 Å². The first-order valence-electron chi connectivity index (χ1n) is 6.42. The highest BCUT2D eigenvalue weighted by Crippen LogP contribution is 2.31. The van der Waals surface area contributed by atoms with Crippen molar-refractivity contribution >= 4 is 17.3 Å². The molecule has 2 unspecified atom stereocenters. The van der Waals surface area contributed by atoms with Crippen LogP contribution in [0.15, 0.2) is 18.2 Å². The maximum absolute atomic E-state index is 12.5. The average Bonchev–Trinajstić information content (AvgIpc) is 2.78. The molecule has 20 heavy (non-hydrogen) atoms. The summed E-state index contributed by atoms with van der Waals surface area (Å²) in [5.41, 5.74) is 5.17. The molecule has 0 spiro atoms. The van der Waals surface area contributed by atoms with Crippen molar-refractivity contribution in [3.63, 3.8) is 0 Å². The number of amides is 1. The Labute approximate surface area is 116 Å². The van der Waals surface area contributed by atoms with Crippen LogP contribution in [0.4, 0.5) is 11.4 Å². The number of carbonyl (C=O) groups is 1. The van der Waals surface area contributed by atoms with Crippen molar-refractivity contribution in [2.75, 3.05) is 18.9 Å². The van der Waals surface area contributed by atoms with Crippen molar-refractivity contribution in [1.82, 2.24) is 4.90 Å². The summed E-state index contributed by atoms with van der Waals surface area (Å²) in [5, 5.41) is 20.5. The van der Waals surface area contributed by atoms with Crippen molar-refractivity contribution in [2.45, 2.75) is 19.4 Å². The number of nitrogen functional groups attached to an aromatic ring is 1. The second kappa shape index (κ2) is 5.46. The molecule has 1 heterocycles. The zero-order valence-corrected chi connectivity index (χ0v) is 11.2. The van der Waals surface area contributed by atoms with E-state index in [1.54, 1.807) is 0 Å². The lowest BCUT2D eigenvalue weighted by Gasteiger charge is -2.25. The van der Waals surface area contributed by atoms with E-state index in [1.807, 2.05) is 6.92 Å². The molecule has 0 radical (unpaired) electrons. The molecule has 7 nitrogen and oxygen atoms in total. The van der Waals surface area contributed by atoms with Gasteiger partial charge in [0.05, 0.1) is 17.6 Å². The van der Waals surface area contributed by atoms with Crippen molar-refractivity contribution in [3.05, 3.63) is 33.9 Å². The van der Waals surface area contributed by atoms with Crippen LogP contribution in [0.3, 0.4) is 0 Å². The maximum atomic E-state index is 12.5. The summed E-state index contributed by atoms with van der Waals surface area (Å²) in [6.07, 6.45) is 0.771. The van der Waals surface area contributed by atoms with Gasteiger partial charge in [-0.1, -0.05) is 13.0 Å². The lowest BCUT2D eigenvalue weighted by Crippen LogP contribution is -2.40. The molecule has 108 valence electrons. The third-order valence-electron chi connectivity index (χ3n) is 3.81. The number of carbonyl (C=O) groups excluding carboxylic acids is 1. The molecule has 1 aliphatic heterocycles. The van der Waals surface area contributed by atoms with Gasteiger partial charge in [-0.15, -0.1) is 0 Å². The molecular formula is C13H17N3O4. The van der Waals surface area contributed by atoms with Crippen LogP contribution in [0.2, 0.25) is 0 Å². The van der Waals surface area contributed by atoms with E-state index in [1.165, 1.54) is 23.1 Å². The molecular weight excluding hydrogens is 262 g/mol. The Morgan fingerprint density at radius 1 is 1.60 bits per heavy atom. The van der Waals surface area contributed by atoms with Gasteiger partial charge in [0.15, 0.2) is 0 Å². The van der Waals surface area contributed by atoms with E-state index in [0.29, 0.717) is 6.54 Å². The Morgan fingerprint density at radius 2 is 2.30 bits per heavy atom. The van der Waals surface area contributed by atoms with Crippen LogP contribution in [0, 0.1) is 16.0 Å². The summed E-state index contributed by atoms with van der Waals surface area (Å²) in [4.78, 5) is 24.4. The Kier molecular flexibility index (Phi) is 3.89. The third-order valence-corrected chi connectivity index (χ3v) is 3.81. The van der Waals surface area contributed by atoms with Gasteiger partial charge in [0.2, 0.25) is 0 Å². The highest BCUT2D eigenvalue weighted by atomic mass is 16.6. The number of nitro groups is 1. The van der Waals surface area contributed by atoms with Crippen LogP contribution in [0.5, 0.6) is 0 Å². The Morgan fingerprint density at radius 3 is 2.90 bits per heavy atom. The molecule has 2 rings (SSSR count). The second-order valence-corrected chi connectivity index (χ2v) is 5.01. The number of hydrogen-bond donors (Lipinski definition) is 2. The summed E-state index contributed by atoms with van der Waals surface area (Å²) >= 11 is 0. The average molecular weight is 279 g/mol. The van der Waals surface area contributed by atoms with Gasteiger partial charge in [-0.2, -0.15) is 0 Å². The lowest BCUT2D eigenvalue weighted by atomic mass is 10.0. The first-order valence-corrected chi connectivity index (χ1v) is 6.42. The second-order valence-electron chi connectivity index (χ2n) is 5.01. The van der Waals surface area contributed by atoms with E-state index in [9.17, 15) is 20.0 Å². The van der Waals surface area contributed by atoms with E-state index in [2.05, 4.69) is 0 Å². The summed E-state index contributed by atoms with van der Waals surface area (Å²) in [7, 11) is 0. The minimum atomic E-state index is -0.643. The quantitative estimate of drug-likeness (QED) is 0.487. The number of nitrogens with zero attached hydrogens (tertiary/aromatic N) is 2. The molecule has 0 bridgehead atoms. The molecule has 1 saturated heterocycles. The van der Waals surface area contributed by atoms with Gasteiger partial charge in [-0.05, 0) is 24.5 Å². The van der Waals surface area contributed by atoms with Crippen LogP contribution < -0.4 is 5.73 Å². The summed E-state index contributed by atoms with van der Waals surface area (Å²) in [5.74, 6) is -0.281. The maximum Gasteiger partial charge on any atom is 0.304 e. The molecule has 3 N–H and O–H groups in total. The highest BCUT2D eigenvalue weighted by molar-refractivity contribution is 6.00.